The second-order valence-corrected chi connectivity index (χ2v) is 38.8. The van der Waals surface area contributed by atoms with Gasteiger partial charge in [-0.3, -0.25) is 0 Å². The Morgan fingerprint density at radius 2 is 0.407 bits per heavy atom. The summed E-state index contributed by atoms with van der Waals surface area (Å²) in [5.74, 6) is 7.26. The van der Waals surface area contributed by atoms with Gasteiger partial charge in [-0.25, -0.2) is 0 Å². The van der Waals surface area contributed by atoms with Gasteiger partial charge in [0.05, 0.1) is 0 Å². The predicted octanol–water partition coefficient (Wildman–Crippen LogP) is 36.0. The molecule has 12 aromatic carbocycles. The van der Waals surface area contributed by atoms with Crippen LogP contribution in [-0.2, 0) is 0 Å². The molecule has 0 fully saturated rings. The minimum atomic E-state index is -0.0755. The smallest absolute Gasteiger partial charge is 0.0151 e. The molecule has 12 aromatic rings. The first-order chi connectivity index (χ1) is 60.3. The van der Waals surface area contributed by atoms with E-state index in [1.807, 2.05) is 0 Å². The number of benzene rings is 12. The van der Waals surface area contributed by atoms with Crippen molar-refractivity contribution in [1.29, 1.82) is 0 Å². The summed E-state index contributed by atoms with van der Waals surface area (Å²) in [6.45, 7) is 23.1. The molecule has 0 aliphatic carbocycles. The fourth-order valence-corrected chi connectivity index (χ4v) is 22.6. The van der Waals surface area contributed by atoms with Gasteiger partial charge in [0.1, 0.15) is 0 Å². The minimum Gasteiger partial charge on any atom is -0.0654 e. The van der Waals surface area contributed by atoms with Crippen molar-refractivity contribution in [1.82, 2.24) is 0 Å². The summed E-state index contributed by atoms with van der Waals surface area (Å²) in [5.41, 5.74) is 17.8. The van der Waals surface area contributed by atoms with Gasteiger partial charge in [-0.05, 0) is 282 Å². The first-order valence-electron chi connectivity index (χ1n) is 48.9. The van der Waals surface area contributed by atoms with Crippen LogP contribution in [0.1, 0.15) is 354 Å². The summed E-state index contributed by atoms with van der Waals surface area (Å²) in [4.78, 5) is 0. The molecule has 0 nitrogen and oxygen atoms in total. The highest BCUT2D eigenvalue weighted by Gasteiger charge is 2.42. The molecule has 0 aliphatic heterocycles. The number of unbranched alkanes of at least 4 members (excludes halogenated alkanes) is 3. The lowest BCUT2D eigenvalue weighted by atomic mass is 9.60. The van der Waals surface area contributed by atoms with E-state index in [1.165, 1.54) is 169 Å². The van der Waals surface area contributed by atoms with Crippen molar-refractivity contribution in [2.75, 3.05) is 0 Å². The first kappa shape index (κ1) is 92.8. The van der Waals surface area contributed by atoms with Crippen LogP contribution in [0.25, 0.3) is 0 Å². The molecule has 0 saturated heterocycles. The van der Waals surface area contributed by atoms with Crippen LogP contribution < -0.4 is 0 Å². The fraction of sp³-hybridized carbons (Fsp3) is 0.415. The number of rotatable bonds is 53. The van der Waals surface area contributed by atoms with Crippen LogP contribution in [0, 0.1) is 35.0 Å². The van der Waals surface area contributed by atoms with Crippen molar-refractivity contribution in [3.63, 3.8) is 0 Å². The van der Waals surface area contributed by atoms with Crippen molar-refractivity contribution in [3.05, 3.63) is 431 Å². The maximum absolute atomic E-state index is 2.94. The zero-order valence-corrected chi connectivity index (χ0v) is 76.9. The van der Waals surface area contributed by atoms with Gasteiger partial charge < -0.3 is 0 Å². The molecule has 12 rings (SSSR count). The molecule has 0 bridgehead atoms. The highest BCUT2D eigenvalue weighted by atomic mass is 14.5. The molecule has 0 saturated carbocycles. The molecule has 18 atom stereocenters. The Labute approximate surface area is 748 Å². The van der Waals surface area contributed by atoms with Crippen molar-refractivity contribution >= 4 is 0 Å². The van der Waals surface area contributed by atoms with Crippen molar-refractivity contribution in [2.45, 2.75) is 287 Å². The topological polar surface area (TPSA) is 0 Å². The van der Waals surface area contributed by atoms with E-state index in [1.54, 1.807) is 0 Å². The third-order valence-electron chi connectivity index (χ3n) is 30.0. The minimum absolute atomic E-state index is 0.0755. The zero-order valence-electron chi connectivity index (χ0n) is 76.9. The molecule has 123 heavy (non-hydrogen) atoms. The van der Waals surface area contributed by atoms with Gasteiger partial charge in [0.15, 0.2) is 0 Å². The van der Waals surface area contributed by atoms with E-state index in [0.29, 0.717) is 101 Å². The third kappa shape index (κ3) is 28.8. The summed E-state index contributed by atoms with van der Waals surface area (Å²) >= 11 is 0. The fourth-order valence-electron chi connectivity index (χ4n) is 22.6. The van der Waals surface area contributed by atoms with Crippen LogP contribution in [0.5, 0.6) is 0 Å². The maximum atomic E-state index is 2.94. The van der Waals surface area contributed by atoms with Gasteiger partial charge in [0.25, 0.3) is 0 Å². The lowest BCUT2D eigenvalue weighted by Crippen LogP contribution is -2.34. The number of hydrogen-bond acceptors (Lipinski definition) is 0. The van der Waals surface area contributed by atoms with E-state index in [4.69, 9.17) is 0 Å². The van der Waals surface area contributed by atoms with Crippen molar-refractivity contribution < 1.29 is 0 Å². The molecule has 0 amide bonds. The average molecular weight is 1630 g/mol. The van der Waals surface area contributed by atoms with Gasteiger partial charge in [-0.15, -0.1) is 0 Å². The highest BCUT2D eigenvalue weighted by molar-refractivity contribution is 5.32. The Morgan fingerprint density at radius 3 is 0.699 bits per heavy atom. The van der Waals surface area contributed by atoms with E-state index in [-0.39, 0.29) is 5.41 Å². The molecule has 0 spiro atoms. The SMILES string of the molecule is CCCCCC(CC(CC(C)c1ccccc1)c1ccccc1)C(CCC(CC(CC(C)c1ccccc1)c1ccccc1)C(C)(CCC(CCCC)C(CCC(CC(C)c1ccccc1)c1ccccc1)CC(CC(C)c1ccccc1)c1ccccc1)CC(CC(C)c1ccccc1)c1ccccc1)CC(CC(C)c1ccccc1)c1ccccc1. The van der Waals surface area contributed by atoms with Gasteiger partial charge in [0, 0.05) is 0 Å². The molecule has 0 aromatic heterocycles. The van der Waals surface area contributed by atoms with E-state index >= 15 is 0 Å². The Morgan fingerprint density at radius 1 is 0.187 bits per heavy atom. The molecular weight excluding hydrogens is 1480 g/mol. The molecule has 0 heterocycles. The van der Waals surface area contributed by atoms with E-state index in [0.717, 1.165) is 51.4 Å². The Balaban J connectivity index is 1.04. The van der Waals surface area contributed by atoms with E-state index in [2.05, 4.69) is 426 Å². The lowest BCUT2D eigenvalue weighted by molar-refractivity contribution is 0.0797. The van der Waals surface area contributed by atoms with Crippen molar-refractivity contribution in [3.8, 4) is 0 Å². The third-order valence-corrected chi connectivity index (χ3v) is 30.0. The van der Waals surface area contributed by atoms with Gasteiger partial charge in [-0.1, -0.05) is 471 Å². The molecule has 644 valence electrons. The van der Waals surface area contributed by atoms with Crippen LogP contribution in [0.15, 0.2) is 364 Å². The van der Waals surface area contributed by atoms with Crippen LogP contribution >= 0.6 is 0 Å². The maximum Gasteiger partial charge on any atom is -0.0151 e. The lowest BCUT2D eigenvalue weighted by Gasteiger charge is -2.45. The normalized spacial score (nSPS) is 16.5. The summed E-state index contributed by atoms with van der Waals surface area (Å²) in [6, 6.07) is 141. The van der Waals surface area contributed by atoms with Crippen LogP contribution in [-0.4, -0.2) is 0 Å². The second kappa shape index (κ2) is 50.0. The quantitative estimate of drug-likeness (QED) is 0.0333. The first-order valence-corrected chi connectivity index (χ1v) is 48.9. The predicted molar refractivity (Wildman–Crippen MR) is 532 cm³/mol. The highest BCUT2D eigenvalue weighted by Crippen LogP contribution is 2.55. The molecule has 0 heteroatoms. The van der Waals surface area contributed by atoms with E-state index < -0.39 is 0 Å². The van der Waals surface area contributed by atoms with Gasteiger partial charge >= 0.3 is 0 Å². The molecule has 0 N–H and O–H groups in total. The monoisotopic (exact) mass is 1630 g/mol. The Bertz CT molecular complexity index is 4710. The number of hydrogen-bond donors (Lipinski definition) is 0. The Hall–Kier alpha value is -9.36. The van der Waals surface area contributed by atoms with Crippen LogP contribution in [0.3, 0.4) is 0 Å². The van der Waals surface area contributed by atoms with Crippen LogP contribution in [0.4, 0.5) is 0 Å². The van der Waals surface area contributed by atoms with Crippen LogP contribution in [0.2, 0.25) is 0 Å². The summed E-state index contributed by atoms with van der Waals surface area (Å²) in [7, 11) is 0. The molecule has 18 unspecified atom stereocenters. The van der Waals surface area contributed by atoms with Gasteiger partial charge in [-0.2, -0.15) is 0 Å². The summed E-state index contributed by atoms with van der Waals surface area (Å²) in [6.07, 6.45) is 28.6. The largest absolute Gasteiger partial charge is 0.0654 e. The van der Waals surface area contributed by atoms with Gasteiger partial charge in [0.2, 0.25) is 0 Å². The summed E-state index contributed by atoms with van der Waals surface area (Å²) < 4.78 is 0. The zero-order chi connectivity index (χ0) is 85.6. The average Bonchev–Trinajstić information content (AvgIpc) is 0.794. The molecule has 0 aliphatic rings. The van der Waals surface area contributed by atoms with E-state index in [9.17, 15) is 0 Å². The molecule has 0 radical (unpaired) electrons. The standard InChI is InChI=1S/C123H152/c1-10-12-26-76-113(89-117(107-66-41-21-42-67-107)84-95(4)101-54-29-15-30-55-101)116(91-119(109-70-45-23-46-71-109)86-97(6)103-58-33-17-34-59-103)79-80-122(92-120(110-72-47-24-48-73-110)87-98(7)104-60-35-18-36-61-104)123(9,93-121(111-74-49-25-50-75-111)88-99(8)105-62-37-19-38-63-105)82-81-112(51-13-11-2)115(90-118(108-68-43-22-44-69-108)85-96(5)102-56-31-16-32-57-102)78-77-114(106-64-39-20-40-65-106)83-94(3)100-52-27-14-28-53-100/h14-25,27-50,52-75,94-99,112-122H,10-13,26,51,76-93H2,1-9H3. The summed E-state index contributed by atoms with van der Waals surface area (Å²) in [5, 5.41) is 0. The van der Waals surface area contributed by atoms with Crippen molar-refractivity contribution in [2.24, 2.45) is 35.0 Å². The second-order valence-electron chi connectivity index (χ2n) is 38.8. The molecular formula is C123H152. The Kier molecular flexibility index (Phi) is 37.7.